The van der Waals surface area contributed by atoms with Crippen molar-refractivity contribution in [2.75, 3.05) is 5.32 Å². The number of anilines is 1. The van der Waals surface area contributed by atoms with Gasteiger partial charge in [-0.2, -0.15) is 0 Å². The fourth-order valence-electron chi connectivity index (χ4n) is 1.40. The van der Waals surface area contributed by atoms with Gasteiger partial charge >= 0.3 is 0 Å². The van der Waals surface area contributed by atoms with Crippen LogP contribution in [0.1, 0.15) is 10.4 Å². The van der Waals surface area contributed by atoms with Crippen LogP contribution in [0.2, 0.25) is 0 Å². The molecule has 0 fully saturated rings. The number of halogens is 2. The fraction of sp³-hybridized carbons (Fsp3) is 0. The number of hydrogen-bond acceptors (Lipinski definition) is 2. The number of carbonyl (C=O) groups is 1. The van der Waals surface area contributed by atoms with E-state index in [0.717, 1.165) is 0 Å². The van der Waals surface area contributed by atoms with E-state index in [0.29, 0.717) is 10.0 Å². The van der Waals surface area contributed by atoms with Crippen molar-refractivity contribution in [2.45, 2.75) is 0 Å². The average molecular weight is 310 g/mol. The maximum atomic E-state index is 13.4. The Hall–Kier alpha value is -1.88. The molecule has 3 nitrogen and oxygen atoms in total. The summed E-state index contributed by atoms with van der Waals surface area (Å²) in [5.41, 5.74) is 0.439. The molecule has 5 heteroatoms. The summed E-state index contributed by atoms with van der Waals surface area (Å²) in [6.07, 6.45) is 0. The lowest BCUT2D eigenvalue weighted by atomic mass is 10.2. The smallest absolute Gasteiger partial charge is 0.255 e. The van der Waals surface area contributed by atoms with E-state index in [9.17, 15) is 9.18 Å². The molecular formula is C13H9BrFNO2. The molecule has 0 spiro atoms. The zero-order valence-corrected chi connectivity index (χ0v) is 10.7. The zero-order valence-electron chi connectivity index (χ0n) is 9.15. The second kappa shape index (κ2) is 5.18. The van der Waals surface area contributed by atoms with Crippen LogP contribution >= 0.6 is 15.9 Å². The van der Waals surface area contributed by atoms with Crippen molar-refractivity contribution in [1.29, 1.82) is 0 Å². The van der Waals surface area contributed by atoms with Gasteiger partial charge in [0.2, 0.25) is 0 Å². The van der Waals surface area contributed by atoms with Crippen LogP contribution in [0.15, 0.2) is 46.9 Å². The number of benzene rings is 2. The molecule has 0 aromatic heterocycles. The molecule has 0 aliphatic rings. The van der Waals surface area contributed by atoms with Crippen LogP contribution in [-0.2, 0) is 0 Å². The van der Waals surface area contributed by atoms with Crippen LogP contribution in [0, 0.1) is 5.82 Å². The number of aromatic hydroxyl groups is 1. The van der Waals surface area contributed by atoms with Gasteiger partial charge in [-0.25, -0.2) is 4.39 Å². The topological polar surface area (TPSA) is 49.3 Å². The lowest BCUT2D eigenvalue weighted by molar-refractivity contribution is 0.102. The van der Waals surface area contributed by atoms with Gasteiger partial charge < -0.3 is 10.4 Å². The molecule has 0 aliphatic heterocycles. The summed E-state index contributed by atoms with van der Waals surface area (Å²) in [4.78, 5) is 11.8. The Morgan fingerprint density at radius 3 is 2.50 bits per heavy atom. The number of hydrogen-bond donors (Lipinski definition) is 2. The molecule has 18 heavy (non-hydrogen) atoms. The number of phenols is 1. The number of rotatable bonds is 2. The summed E-state index contributed by atoms with van der Waals surface area (Å²) >= 11 is 3.20. The molecule has 2 rings (SSSR count). The first-order chi connectivity index (χ1) is 8.56. The monoisotopic (exact) mass is 309 g/mol. The Balaban J connectivity index is 2.21. The Kier molecular flexibility index (Phi) is 3.62. The van der Waals surface area contributed by atoms with Gasteiger partial charge in [0.15, 0.2) is 0 Å². The third kappa shape index (κ3) is 2.87. The van der Waals surface area contributed by atoms with Gasteiger partial charge in [0.1, 0.15) is 11.6 Å². The van der Waals surface area contributed by atoms with Crippen molar-refractivity contribution in [1.82, 2.24) is 0 Å². The maximum Gasteiger partial charge on any atom is 0.255 e. The molecule has 92 valence electrons. The Morgan fingerprint density at radius 1 is 1.17 bits per heavy atom. The number of carbonyl (C=O) groups excluding carboxylic acids is 1. The van der Waals surface area contributed by atoms with Gasteiger partial charge in [-0.05, 0) is 42.5 Å². The highest BCUT2D eigenvalue weighted by atomic mass is 79.9. The Bertz CT molecular complexity index is 584. The molecule has 0 radical (unpaired) electrons. The Morgan fingerprint density at radius 2 is 1.83 bits per heavy atom. The number of amides is 1. The fourth-order valence-corrected chi connectivity index (χ4v) is 1.76. The van der Waals surface area contributed by atoms with Crippen molar-refractivity contribution in [3.8, 4) is 5.75 Å². The molecule has 2 N–H and O–H groups in total. The molecule has 0 unspecified atom stereocenters. The first kappa shape index (κ1) is 12.6. The van der Waals surface area contributed by atoms with Crippen LogP contribution in [0.3, 0.4) is 0 Å². The van der Waals surface area contributed by atoms with Gasteiger partial charge in [-0.1, -0.05) is 15.9 Å². The normalized spacial score (nSPS) is 10.1. The summed E-state index contributed by atoms with van der Waals surface area (Å²) < 4.78 is 14.1. The lowest BCUT2D eigenvalue weighted by Gasteiger charge is -2.07. The molecule has 0 saturated heterocycles. The quantitative estimate of drug-likeness (QED) is 0.891. The standard InChI is InChI=1S/C13H9BrFNO2/c14-9-3-6-11(15)12(7-9)16-13(18)8-1-4-10(17)5-2-8/h1-7,17H,(H,16,18). The van der Waals surface area contributed by atoms with Gasteiger partial charge in [-0.15, -0.1) is 0 Å². The van der Waals surface area contributed by atoms with Gasteiger partial charge in [0, 0.05) is 10.0 Å². The third-order valence-electron chi connectivity index (χ3n) is 2.31. The summed E-state index contributed by atoms with van der Waals surface area (Å²) in [6.45, 7) is 0. The molecule has 2 aromatic rings. The Labute approximate surface area is 111 Å². The van der Waals surface area contributed by atoms with E-state index in [4.69, 9.17) is 5.11 Å². The largest absolute Gasteiger partial charge is 0.508 e. The zero-order chi connectivity index (χ0) is 13.1. The predicted octanol–water partition coefficient (Wildman–Crippen LogP) is 3.55. The van der Waals surface area contributed by atoms with Crippen LogP contribution in [0.4, 0.5) is 10.1 Å². The van der Waals surface area contributed by atoms with Gasteiger partial charge in [0.25, 0.3) is 5.91 Å². The number of nitrogens with one attached hydrogen (secondary N) is 1. The minimum atomic E-state index is -0.509. The van der Waals surface area contributed by atoms with Crippen molar-refractivity contribution in [2.24, 2.45) is 0 Å². The predicted molar refractivity (Wildman–Crippen MR) is 70.2 cm³/mol. The minimum absolute atomic E-state index is 0.0696. The van der Waals surface area contributed by atoms with Crippen LogP contribution in [0.25, 0.3) is 0 Å². The van der Waals surface area contributed by atoms with Crippen molar-refractivity contribution >= 4 is 27.5 Å². The highest BCUT2D eigenvalue weighted by Crippen LogP contribution is 2.21. The molecule has 0 heterocycles. The van der Waals surface area contributed by atoms with Crippen LogP contribution < -0.4 is 5.32 Å². The van der Waals surface area contributed by atoms with Gasteiger partial charge in [0.05, 0.1) is 5.69 Å². The molecule has 0 saturated carbocycles. The lowest BCUT2D eigenvalue weighted by Crippen LogP contribution is -2.12. The van der Waals surface area contributed by atoms with E-state index >= 15 is 0 Å². The molecule has 0 atom stereocenters. The van der Waals surface area contributed by atoms with Crippen molar-refractivity contribution < 1.29 is 14.3 Å². The van der Waals surface area contributed by atoms with Gasteiger partial charge in [-0.3, -0.25) is 4.79 Å². The van der Waals surface area contributed by atoms with Crippen molar-refractivity contribution in [3.05, 3.63) is 58.3 Å². The van der Waals surface area contributed by atoms with Crippen molar-refractivity contribution in [3.63, 3.8) is 0 Å². The second-order valence-corrected chi connectivity index (χ2v) is 4.54. The van der Waals surface area contributed by atoms with E-state index in [1.54, 1.807) is 6.07 Å². The van der Waals surface area contributed by atoms with E-state index in [1.807, 2.05) is 0 Å². The van der Waals surface area contributed by atoms with E-state index < -0.39 is 11.7 Å². The third-order valence-corrected chi connectivity index (χ3v) is 2.80. The maximum absolute atomic E-state index is 13.4. The molecule has 0 aliphatic carbocycles. The molecule has 0 bridgehead atoms. The molecule has 2 aromatic carbocycles. The van der Waals surface area contributed by atoms with Crippen LogP contribution in [0.5, 0.6) is 5.75 Å². The number of phenolic OH excluding ortho intramolecular Hbond substituents is 1. The highest BCUT2D eigenvalue weighted by molar-refractivity contribution is 9.10. The molecule has 1 amide bonds. The first-order valence-electron chi connectivity index (χ1n) is 5.12. The van der Waals surface area contributed by atoms with E-state index in [1.165, 1.54) is 36.4 Å². The highest BCUT2D eigenvalue weighted by Gasteiger charge is 2.09. The molecular weight excluding hydrogens is 301 g/mol. The average Bonchev–Trinajstić information content (AvgIpc) is 2.34. The SMILES string of the molecule is O=C(Nc1cc(Br)ccc1F)c1ccc(O)cc1. The van der Waals surface area contributed by atoms with E-state index in [2.05, 4.69) is 21.2 Å². The summed E-state index contributed by atoms with van der Waals surface area (Å²) in [5, 5.41) is 11.6. The first-order valence-corrected chi connectivity index (χ1v) is 5.91. The van der Waals surface area contributed by atoms with E-state index in [-0.39, 0.29) is 11.4 Å². The second-order valence-electron chi connectivity index (χ2n) is 3.63. The van der Waals surface area contributed by atoms with Crippen LogP contribution in [-0.4, -0.2) is 11.0 Å². The minimum Gasteiger partial charge on any atom is -0.508 e. The summed E-state index contributed by atoms with van der Waals surface area (Å²) in [7, 11) is 0. The summed E-state index contributed by atoms with van der Waals surface area (Å²) in [6, 6.07) is 10.00. The summed E-state index contributed by atoms with van der Waals surface area (Å²) in [5.74, 6) is -0.877.